The summed E-state index contributed by atoms with van der Waals surface area (Å²) in [6, 6.07) is 14.0. The Labute approximate surface area is 143 Å². The molecule has 1 saturated heterocycles. The highest BCUT2D eigenvalue weighted by atomic mass is 19.4. The Bertz CT molecular complexity index is 731. The highest BCUT2D eigenvalue weighted by molar-refractivity contribution is 5.89. The lowest BCUT2D eigenvalue weighted by Gasteiger charge is -2.32. The number of alkyl halides is 3. The number of carbonyl (C=O) groups excluding carboxylic acids is 1. The van der Waals surface area contributed by atoms with Crippen LogP contribution in [0.1, 0.15) is 33.8 Å². The van der Waals surface area contributed by atoms with Gasteiger partial charge in [-0.15, -0.1) is 0 Å². The number of benzene rings is 2. The molecule has 0 spiro atoms. The van der Waals surface area contributed by atoms with Gasteiger partial charge in [0.1, 0.15) is 6.10 Å². The molecule has 2 atom stereocenters. The van der Waals surface area contributed by atoms with Gasteiger partial charge >= 0.3 is 12.1 Å². The molecule has 2 aromatic rings. The number of hydrogen-bond donors (Lipinski definition) is 1. The van der Waals surface area contributed by atoms with E-state index in [-0.39, 0.29) is 11.5 Å². The number of hydrogen-bond acceptors (Lipinski definition) is 3. The second kappa shape index (κ2) is 7.27. The molecule has 0 aromatic heterocycles. The van der Waals surface area contributed by atoms with Crippen molar-refractivity contribution in [3.63, 3.8) is 0 Å². The molecule has 6 heteroatoms. The summed E-state index contributed by atoms with van der Waals surface area (Å²) in [7, 11) is 0. The monoisotopic (exact) mass is 349 g/mol. The minimum absolute atomic E-state index is 0.0252. The standard InChI is InChI=1S/C19H18F3NO2/c20-19(21,22)15-8-4-7-14(11-15)18(24)25-17-12-23-10-9-16(17)13-5-2-1-3-6-13/h1-8,11,16-17,23H,9-10,12H2/t16-,17+/m1/s1. The molecule has 0 bridgehead atoms. The maximum absolute atomic E-state index is 12.8. The van der Waals surface area contributed by atoms with E-state index in [1.165, 1.54) is 12.1 Å². The Balaban J connectivity index is 1.77. The quantitative estimate of drug-likeness (QED) is 0.851. The lowest BCUT2D eigenvalue weighted by molar-refractivity contribution is -0.137. The first kappa shape index (κ1) is 17.5. The first-order valence-electron chi connectivity index (χ1n) is 8.09. The molecule has 3 nitrogen and oxygen atoms in total. The Hall–Kier alpha value is -2.34. The zero-order chi connectivity index (χ0) is 17.9. The maximum atomic E-state index is 12.8. The van der Waals surface area contributed by atoms with Crippen molar-refractivity contribution < 1.29 is 22.7 Å². The number of carbonyl (C=O) groups is 1. The second-order valence-electron chi connectivity index (χ2n) is 6.03. The zero-order valence-corrected chi connectivity index (χ0v) is 13.4. The van der Waals surface area contributed by atoms with Crippen LogP contribution in [-0.2, 0) is 10.9 Å². The van der Waals surface area contributed by atoms with Crippen molar-refractivity contribution in [1.82, 2.24) is 5.32 Å². The van der Waals surface area contributed by atoms with Gasteiger partial charge < -0.3 is 10.1 Å². The first-order chi connectivity index (χ1) is 11.9. The molecule has 0 saturated carbocycles. The Kier molecular flexibility index (Phi) is 5.08. The molecule has 2 aromatic carbocycles. The van der Waals surface area contributed by atoms with Crippen LogP contribution >= 0.6 is 0 Å². The summed E-state index contributed by atoms with van der Waals surface area (Å²) in [6.45, 7) is 1.28. The number of esters is 1. The largest absolute Gasteiger partial charge is 0.457 e. The number of rotatable bonds is 3. The summed E-state index contributed by atoms with van der Waals surface area (Å²) in [6.07, 6.45) is -4.11. The fraction of sp³-hybridized carbons (Fsp3) is 0.316. The van der Waals surface area contributed by atoms with Crippen LogP contribution in [0.15, 0.2) is 54.6 Å². The Morgan fingerprint density at radius 3 is 2.56 bits per heavy atom. The van der Waals surface area contributed by atoms with E-state index in [0.717, 1.165) is 30.7 Å². The SMILES string of the molecule is O=C(O[C@H]1CNCC[C@@H]1c1ccccc1)c1cccc(C(F)(F)F)c1. The second-order valence-corrected chi connectivity index (χ2v) is 6.03. The number of nitrogens with one attached hydrogen (secondary N) is 1. The fourth-order valence-electron chi connectivity index (χ4n) is 3.06. The van der Waals surface area contributed by atoms with Crippen molar-refractivity contribution in [1.29, 1.82) is 0 Å². The highest BCUT2D eigenvalue weighted by Crippen LogP contribution is 2.31. The van der Waals surface area contributed by atoms with Crippen LogP contribution in [0.3, 0.4) is 0 Å². The van der Waals surface area contributed by atoms with E-state index in [4.69, 9.17) is 4.74 Å². The Morgan fingerprint density at radius 1 is 1.08 bits per heavy atom. The first-order valence-corrected chi connectivity index (χ1v) is 8.09. The van der Waals surface area contributed by atoms with Crippen molar-refractivity contribution >= 4 is 5.97 Å². The molecule has 1 heterocycles. The van der Waals surface area contributed by atoms with E-state index in [1.807, 2.05) is 30.3 Å². The third kappa shape index (κ3) is 4.20. The summed E-state index contributed by atoms with van der Waals surface area (Å²) < 4.78 is 44.0. The van der Waals surface area contributed by atoms with E-state index in [1.54, 1.807) is 0 Å². The highest BCUT2D eigenvalue weighted by Gasteiger charge is 2.33. The number of piperidine rings is 1. The average Bonchev–Trinajstić information content (AvgIpc) is 2.62. The molecular formula is C19H18F3NO2. The van der Waals surface area contributed by atoms with Gasteiger partial charge in [0, 0.05) is 12.5 Å². The normalized spacial score (nSPS) is 20.9. The van der Waals surface area contributed by atoms with E-state index in [2.05, 4.69) is 5.32 Å². The molecule has 132 valence electrons. The van der Waals surface area contributed by atoms with E-state index < -0.39 is 23.8 Å². The molecule has 1 fully saturated rings. The summed E-state index contributed by atoms with van der Waals surface area (Å²) >= 11 is 0. The van der Waals surface area contributed by atoms with Gasteiger partial charge in [0.05, 0.1) is 11.1 Å². The van der Waals surface area contributed by atoms with Gasteiger partial charge in [-0.2, -0.15) is 13.2 Å². The number of halogens is 3. The molecule has 0 aliphatic carbocycles. The molecule has 1 N–H and O–H groups in total. The third-order valence-corrected chi connectivity index (χ3v) is 4.34. The lowest BCUT2D eigenvalue weighted by atomic mass is 9.88. The summed E-state index contributed by atoms with van der Waals surface area (Å²) in [5.41, 5.74) is 0.112. The molecule has 1 aliphatic rings. The molecule has 0 radical (unpaired) electrons. The van der Waals surface area contributed by atoms with Crippen LogP contribution in [0.4, 0.5) is 13.2 Å². The molecular weight excluding hydrogens is 331 g/mol. The van der Waals surface area contributed by atoms with Crippen molar-refractivity contribution in [3.05, 3.63) is 71.3 Å². The molecule has 0 amide bonds. The van der Waals surface area contributed by atoms with Crippen molar-refractivity contribution in [3.8, 4) is 0 Å². The minimum Gasteiger partial charge on any atom is -0.457 e. The van der Waals surface area contributed by atoms with Crippen LogP contribution in [0.2, 0.25) is 0 Å². The summed E-state index contributed by atoms with van der Waals surface area (Å²) in [5, 5.41) is 3.17. The maximum Gasteiger partial charge on any atom is 0.416 e. The summed E-state index contributed by atoms with van der Waals surface area (Å²) in [5.74, 6) is -0.710. The van der Waals surface area contributed by atoms with Crippen LogP contribution in [0.25, 0.3) is 0 Å². The number of ether oxygens (including phenoxy) is 1. The smallest absolute Gasteiger partial charge is 0.416 e. The van der Waals surface area contributed by atoms with Crippen molar-refractivity contribution in [2.45, 2.75) is 24.6 Å². The van der Waals surface area contributed by atoms with E-state index in [9.17, 15) is 18.0 Å². The van der Waals surface area contributed by atoms with Crippen LogP contribution < -0.4 is 5.32 Å². The predicted octanol–water partition coefficient (Wildman–Crippen LogP) is 4.01. The van der Waals surface area contributed by atoms with Gasteiger partial charge in [0.25, 0.3) is 0 Å². The van der Waals surface area contributed by atoms with Crippen molar-refractivity contribution in [2.24, 2.45) is 0 Å². The van der Waals surface area contributed by atoms with E-state index in [0.29, 0.717) is 6.54 Å². The Morgan fingerprint density at radius 2 is 1.84 bits per heavy atom. The van der Waals surface area contributed by atoms with Gasteiger partial charge in [0.15, 0.2) is 0 Å². The molecule has 25 heavy (non-hydrogen) atoms. The van der Waals surface area contributed by atoms with Gasteiger partial charge in [-0.1, -0.05) is 36.4 Å². The van der Waals surface area contributed by atoms with E-state index >= 15 is 0 Å². The molecule has 0 unspecified atom stereocenters. The van der Waals surface area contributed by atoms with Crippen molar-refractivity contribution in [2.75, 3.05) is 13.1 Å². The fourth-order valence-corrected chi connectivity index (χ4v) is 3.06. The van der Waals surface area contributed by atoms with Crippen LogP contribution in [0.5, 0.6) is 0 Å². The summed E-state index contributed by atoms with van der Waals surface area (Å²) in [4.78, 5) is 12.4. The predicted molar refractivity (Wildman–Crippen MR) is 87.3 cm³/mol. The van der Waals surface area contributed by atoms with Crippen LogP contribution in [-0.4, -0.2) is 25.2 Å². The zero-order valence-electron chi connectivity index (χ0n) is 13.4. The van der Waals surface area contributed by atoms with Gasteiger partial charge in [0.2, 0.25) is 0 Å². The average molecular weight is 349 g/mol. The van der Waals surface area contributed by atoms with Crippen LogP contribution in [0, 0.1) is 0 Å². The minimum atomic E-state index is -4.49. The molecule has 3 rings (SSSR count). The van der Waals surface area contributed by atoms with Gasteiger partial charge in [-0.25, -0.2) is 4.79 Å². The topological polar surface area (TPSA) is 38.3 Å². The van der Waals surface area contributed by atoms with Gasteiger partial charge in [-0.05, 0) is 36.7 Å². The molecule has 1 aliphatic heterocycles. The lowest BCUT2D eigenvalue weighted by Crippen LogP contribution is -2.42. The third-order valence-electron chi connectivity index (χ3n) is 4.34. The van der Waals surface area contributed by atoms with Gasteiger partial charge in [-0.3, -0.25) is 0 Å².